The number of unbranched alkanes of at least 4 members (excludes halogenated alkanes) is 1. The van der Waals surface area contributed by atoms with Gasteiger partial charge in [0.05, 0.1) is 16.8 Å². The van der Waals surface area contributed by atoms with Gasteiger partial charge in [-0.2, -0.15) is 0 Å². The van der Waals surface area contributed by atoms with Crippen molar-refractivity contribution in [3.63, 3.8) is 0 Å². The summed E-state index contributed by atoms with van der Waals surface area (Å²) in [7, 11) is 3.74. The normalized spacial score (nSPS) is 12.2. The van der Waals surface area contributed by atoms with E-state index in [1.54, 1.807) is 18.4 Å². The maximum absolute atomic E-state index is 13.0. The summed E-state index contributed by atoms with van der Waals surface area (Å²) in [6.45, 7) is 2.02. The minimum atomic E-state index is -0.330. The molecule has 0 aliphatic carbocycles. The number of halogens is 2. The number of fused-ring (bicyclic) bond motifs is 1. The molecule has 0 unspecified atom stereocenters. The van der Waals surface area contributed by atoms with Crippen LogP contribution in [0.15, 0.2) is 47.5 Å². The molecule has 0 aliphatic heterocycles. The van der Waals surface area contributed by atoms with E-state index in [0.29, 0.717) is 12.1 Å². The van der Waals surface area contributed by atoms with Crippen LogP contribution in [0.4, 0.5) is 4.39 Å². The number of nitrogens with zero attached hydrogens (tertiary/aromatic N) is 3. The fourth-order valence-electron chi connectivity index (χ4n) is 3.13. The van der Waals surface area contributed by atoms with Crippen molar-refractivity contribution in [2.45, 2.75) is 19.4 Å². The van der Waals surface area contributed by atoms with Gasteiger partial charge in [0, 0.05) is 24.2 Å². The zero-order valence-corrected chi connectivity index (χ0v) is 17.6. The number of aryl methyl sites for hydroxylation is 1. The smallest absolute Gasteiger partial charge is 0.185 e. The van der Waals surface area contributed by atoms with Crippen LogP contribution in [0.2, 0.25) is 5.02 Å². The third kappa shape index (κ3) is 5.07. The lowest BCUT2D eigenvalue weighted by atomic mass is 10.1. The molecule has 1 heterocycles. The average molecular weight is 420 g/mol. The predicted molar refractivity (Wildman–Crippen MR) is 114 cm³/mol. The summed E-state index contributed by atoms with van der Waals surface area (Å²) in [5, 5.41) is 0.732. The molecular formula is C21H23ClFN3OS. The number of rotatable bonds is 8. The SMILES string of the molecule is CN=c1sc2cc(Cl)ccc2n1CCCCN(C)CC(=O)c1ccc(F)cc1. The highest BCUT2D eigenvalue weighted by molar-refractivity contribution is 7.16. The number of carbonyl (C=O) groups is 1. The Morgan fingerprint density at radius 3 is 2.68 bits per heavy atom. The van der Waals surface area contributed by atoms with Crippen LogP contribution in [0.3, 0.4) is 0 Å². The van der Waals surface area contributed by atoms with Crippen LogP contribution in [0, 0.1) is 5.82 Å². The van der Waals surface area contributed by atoms with Gasteiger partial charge in [0.2, 0.25) is 0 Å². The first-order valence-electron chi connectivity index (χ1n) is 9.17. The molecule has 0 amide bonds. The van der Waals surface area contributed by atoms with Crippen LogP contribution in [-0.2, 0) is 6.54 Å². The first kappa shape index (κ1) is 20.7. The number of hydrogen-bond acceptors (Lipinski definition) is 4. The maximum atomic E-state index is 13.0. The number of thiazole rings is 1. The molecule has 0 saturated heterocycles. The topological polar surface area (TPSA) is 37.6 Å². The summed E-state index contributed by atoms with van der Waals surface area (Å²) in [5.74, 6) is -0.325. The second-order valence-electron chi connectivity index (χ2n) is 6.75. The van der Waals surface area contributed by atoms with E-state index in [9.17, 15) is 9.18 Å². The Bertz CT molecular complexity index is 1030. The van der Waals surface area contributed by atoms with Crippen molar-refractivity contribution in [1.29, 1.82) is 0 Å². The summed E-state index contributed by atoms with van der Waals surface area (Å²) in [6, 6.07) is 11.6. The molecule has 0 N–H and O–H groups in total. The molecule has 0 bridgehead atoms. The van der Waals surface area contributed by atoms with Crippen LogP contribution in [-0.4, -0.2) is 42.4 Å². The monoisotopic (exact) mass is 419 g/mol. The first-order chi connectivity index (χ1) is 13.5. The Kier molecular flexibility index (Phi) is 6.99. The summed E-state index contributed by atoms with van der Waals surface area (Å²) >= 11 is 7.73. The number of likely N-dealkylation sites (N-methyl/N-ethyl adjacent to an activating group) is 1. The van der Waals surface area contributed by atoms with E-state index in [2.05, 4.69) is 9.56 Å². The van der Waals surface area contributed by atoms with Gasteiger partial charge in [-0.15, -0.1) is 0 Å². The van der Waals surface area contributed by atoms with Gasteiger partial charge in [0.15, 0.2) is 10.6 Å². The number of carbonyl (C=O) groups excluding carboxylic acids is 1. The zero-order valence-electron chi connectivity index (χ0n) is 16.0. The van der Waals surface area contributed by atoms with Crippen molar-refractivity contribution in [2.75, 3.05) is 27.2 Å². The summed E-state index contributed by atoms with van der Waals surface area (Å²) in [5.41, 5.74) is 1.69. The van der Waals surface area contributed by atoms with Gasteiger partial charge in [-0.3, -0.25) is 14.7 Å². The second kappa shape index (κ2) is 9.45. The number of hydrogen-bond donors (Lipinski definition) is 0. The van der Waals surface area contributed by atoms with Crippen LogP contribution in [0.5, 0.6) is 0 Å². The highest BCUT2D eigenvalue weighted by atomic mass is 35.5. The average Bonchev–Trinajstić information content (AvgIpc) is 3.02. The van der Waals surface area contributed by atoms with Crippen molar-refractivity contribution in [3.05, 3.63) is 63.7 Å². The van der Waals surface area contributed by atoms with Gasteiger partial charge >= 0.3 is 0 Å². The molecule has 0 radical (unpaired) electrons. The minimum Gasteiger partial charge on any atom is -0.317 e. The van der Waals surface area contributed by atoms with Crippen LogP contribution in [0.25, 0.3) is 10.2 Å². The standard InChI is InChI=1S/C21H23ClFN3OS/c1-24-21-26(18-10-7-16(22)13-20(18)28-21)12-4-3-11-25(2)14-19(27)15-5-8-17(23)9-6-15/h5-10,13H,3-4,11-12,14H2,1-2H3. The number of Topliss-reactive ketones (excluding diaryl/α,β-unsaturated/α-hetero) is 1. The van der Waals surface area contributed by atoms with Crippen molar-refractivity contribution in [2.24, 2.45) is 4.99 Å². The maximum Gasteiger partial charge on any atom is 0.185 e. The van der Waals surface area contributed by atoms with Gasteiger partial charge in [0.25, 0.3) is 0 Å². The largest absolute Gasteiger partial charge is 0.317 e. The molecule has 3 rings (SSSR count). The van der Waals surface area contributed by atoms with E-state index in [-0.39, 0.29) is 11.6 Å². The van der Waals surface area contributed by atoms with Crippen molar-refractivity contribution in [3.8, 4) is 0 Å². The summed E-state index contributed by atoms with van der Waals surface area (Å²) in [4.78, 5) is 19.6. The number of benzene rings is 2. The molecule has 0 spiro atoms. The van der Waals surface area contributed by atoms with E-state index in [4.69, 9.17) is 11.6 Å². The molecule has 148 valence electrons. The fourth-order valence-corrected chi connectivity index (χ4v) is 4.43. The van der Waals surface area contributed by atoms with E-state index >= 15 is 0 Å². The third-order valence-corrected chi connectivity index (χ3v) is 5.95. The fraction of sp³-hybridized carbons (Fsp3) is 0.333. The van der Waals surface area contributed by atoms with E-state index < -0.39 is 0 Å². The number of ketones is 1. The van der Waals surface area contributed by atoms with Gasteiger partial charge in [0.1, 0.15) is 5.82 Å². The Morgan fingerprint density at radius 1 is 1.21 bits per heavy atom. The molecule has 0 fully saturated rings. The van der Waals surface area contributed by atoms with Crippen LogP contribution in [0.1, 0.15) is 23.2 Å². The highest BCUT2D eigenvalue weighted by Gasteiger charge is 2.10. The van der Waals surface area contributed by atoms with E-state index in [1.165, 1.54) is 24.3 Å². The molecule has 0 saturated carbocycles. The molecular weight excluding hydrogens is 397 g/mol. The van der Waals surface area contributed by atoms with Gasteiger partial charge < -0.3 is 4.57 Å². The molecule has 2 aromatic carbocycles. The van der Waals surface area contributed by atoms with Gasteiger partial charge in [-0.25, -0.2) is 4.39 Å². The molecule has 7 heteroatoms. The molecule has 4 nitrogen and oxygen atoms in total. The van der Waals surface area contributed by atoms with Crippen molar-refractivity contribution in [1.82, 2.24) is 9.47 Å². The Labute approximate surface area is 172 Å². The lowest BCUT2D eigenvalue weighted by Gasteiger charge is -2.16. The summed E-state index contributed by atoms with van der Waals surface area (Å²) < 4.78 is 16.3. The van der Waals surface area contributed by atoms with E-state index in [1.807, 2.05) is 30.1 Å². The van der Waals surface area contributed by atoms with E-state index in [0.717, 1.165) is 46.0 Å². The van der Waals surface area contributed by atoms with Crippen LogP contribution < -0.4 is 4.80 Å². The Morgan fingerprint density at radius 2 is 1.96 bits per heavy atom. The summed E-state index contributed by atoms with van der Waals surface area (Å²) in [6.07, 6.45) is 1.95. The molecule has 0 atom stereocenters. The zero-order chi connectivity index (χ0) is 20.1. The Balaban J connectivity index is 1.52. The van der Waals surface area contributed by atoms with Gasteiger partial charge in [-0.1, -0.05) is 22.9 Å². The van der Waals surface area contributed by atoms with Crippen LogP contribution >= 0.6 is 22.9 Å². The first-order valence-corrected chi connectivity index (χ1v) is 10.4. The molecule has 1 aromatic heterocycles. The van der Waals surface area contributed by atoms with Crippen molar-refractivity contribution >= 4 is 38.9 Å². The molecule has 3 aromatic rings. The quantitative estimate of drug-likeness (QED) is 0.394. The van der Waals surface area contributed by atoms with Crippen molar-refractivity contribution < 1.29 is 9.18 Å². The highest BCUT2D eigenvalue weighted by Crippen LogP contribution is 2.22. The minimum absolute atomic E-state index is 0.00431. The second-order valence-corrected chi connectivity index (χ2v) is 8.19. The predicted octanol–water partition coefficient (Wildman–Crippen LogP) is 4.62. The molecule has 28 heavy (non-hydrogen) atoms. The lowest BCUT2D eigenvalue weighted by Crippen LogP contribution is -2.27. The Hall–Kier alpha value is -2.02. The van der Waals surface area contributed by atoms with Gasteiger partial charge in [-0.05, 0) is 68.9 Å². The molecule has 0 aliphatic rings. The third-order valence-electron chi connectivity index (χ3n) is 4.59. The lowest BCUT2D eigenvalue weighted by molar-refractivity contribution is 0.0945. The number of aromatic nitrogens is 1.